The summed E-state index contributed by atoms with van der Waals surface area (Å²) in [6, 6.07) is 1.75. The zero-order chi connectivity index (χ0) is 12.2. The Morgan fingerprint density at radius 3 is 2.62 bits per heavy atom. The molecular formula is C10H15F3N2O. The van der Waals surface area contributed by atoms with E-state index in [9.17, 15) is 13.2 Å². The summed E-state index contributed by atoms with van der Waals surface area (Å²) < 4.78 is 41.0. The van der Waals surface area contributed by atoms with Gasteiger partial charge in [0.25, 0.3) is 0 Å². The number of alkyl halides is 3. The van der Waals surface area contributed by atoms with Crippen molar-refractivity contribution in [2.45, 2.75) is 25.7 Å². The van der Waals surface area contributed by atoms with Gasteiger partial charge in [0.2, 0.25) is 0 Å². The monoisotopic (exact) mass is 236 g/mol. The third-order valence-electron chi connectivity index (χ3n) is 2.15. The molecule has 1 aromatic rings. The predicted molar refractivity (Wildman–Crippen MR) is 53.6 cm³/mol. The van der Waals surface area contributed by atoms with Crippen LogP contribution in [0.1, 0.15) is 17.7 Å². The Morgan fingerprint density at radius 1 is 1.44 bits per heavy atom. The van der Waals surface area contributed by atoms with Gasteiger partial charge >= 0.3 is 6.18 Å². The Bertz CT molecular complexity index is 322. The highest BCUT2D eigenvalue weighted by molar-refractivity contribution is 5.12. The number of rotatable bonds is 5. The molecule has 2 N–H and O–H groups in total. The second-order valence-electron chi connectivity index (χ2n) is 3.73. The highest BCUT2D eigenvalue weighted by Gasteiger charge is 2.27. The minimum absolute atomic E-state index is 0.0395. The average Bonchev–Trinajstić information content (AvgIpc) is 2.61. The molecule has 92 valence electrons. The van der Waals surface area contributed by atoms with E-state index in [1.807, 2.05) is 0 Å². The third-order valence-corrected chi connectivity index (χ3v) is 2.15. The van der Waals surface area contributed by atoms with Crippen LogP contribution in [0.2, 0.25) is 0 Å². The van der Waals surface area contributed by atoms with Gasteiger partial charge in [-0.3, -0.25) is 4.90 Å². The summed E-state index contributed by atoms with van der Waals surface area (Å²) >= 11 is 0. The van der Waals surface area contributed by atoms with Gasteiger partial charge in [-0.05, 0) is 13.1 Å². The van der Waals surface area contributed by atoms with E-state index in [0.717, 1.165) is 5.56 Å². The van der Waals surface area contributed by atoms with Crippen molar-refractivity contribution in [2.24, 2.45) is 5.73 Å². The molecule has 1 heterocycles. The predicted octanol–water partition coefficient (Wildman–Crippen LogP) is 2.12. The molecule has 1 aromatic heterocycles. The van der Waals surface area contributed by atoms with Gasteiger partial charge in [-0.15, -0.1) is 0 Å². The van der Waals surface area contributed by atoms with E-state index in [1.54, 1.807) is 18.0 Å². The second kappa shape index (κ2) is 5.36. The van der Waals surface area contributed by atoms with Crippen LogP contribution in [0.3, 0.4) is 0 Å². The summed E-state index contributed by atoms with van der Waals surface area (Å²) in [4.78, 5) is 1.56. The fourth-order valence-corrected chi connectivity index (χ4v) is 1.28. The van der Waals surface area contributed by atoms with E-state index >= 15 is 0 Å². The molecule has 0 unspecified atom stereocenters. The van der Waals surface area contributed by atoms with Crippen LogP contribution in [0.5, 0.6) is 0 Å². The van der Waals surface area contributed by atoms with Crippen LogP contribution in [0, 0.1) is 0 Å². The zero-order valence-electron chi connectivity index (χ0n) is 9.05. The molecule has 0 saturated heterocycles. The topological polar surface area (TPSA) is 42.4 Å². The molecule has 0 atom stereocenters. The molecule has 0 fully saturated rings. The van der Waals surface area contributed by atoms with Crippen molar-refractivity contribution < 1.29 is 17.6 Å². The molecule has 0 bridgehead atoms. The smallest absolute Gasteiger partial charge is 0.390 e. The number of hydrogen-bond acceptors (Lipinski definition) is 3. The second-order valence-corrected chi connectivity index (χ2v) is 3.73. The Labute approximate surface area is 92.0 Å². The fraction of sp³-hybridized carbons (Fsp3) is 0.600. The van der Waals surface area contributed by atoms with E-state index in [2.05, 4.69) is 0 Å². The van der Waals surface area contributed by atoms with Crippen LogP contribution in [-0.4, -0.2) is 24.7 Å². The summed E-state index contributed by atoms with van der Waals surface area (Å²) in [5.41, 5.74) is 6.23. The molecule has 0 aliphatic rings. The average molecular weight is 236 g/mol. The number of halogens is 3. The summed E-state index contributed by atoms with van der Waals surface area (Å²) in [5.74, 6) is 0.630. The fourth-order valence-electron chi connectivity index (χ4n) is 1.28. The van der Waals surface area contributed by atoms with Crippen LogP contribution in [0.15, 0.2) is 16.7 Å². The van der Waals surface area contributed by atoms with Crippen molar-refractivity contribution >= 4 is 0 Å². The SMILES string of the molecule is CN(CCC(F)(F)F)Cc1cc(CN)co1. The van der Waals surface area contributed by atoms with Crippen molar-refractivity contribution in [1.29, 1.82) is 0 Å². The molecular weight excluding hydrogens is 221 g/mol. The number of furan rings is 1. The maximum Gasteiger partial charge on any atom is 0.390 e. The molecule has 0 spiro atoms. The highest BCUT2D eigenvalue weighted by Crippen LogP contribution is 2.20. The van der Waals surface area contributed by atoms with E-state index < -0.39 is 12.6 Å². The minimum atomic E-state index is -4.11. The first-order chi connectivity index (χ1) is 7.40. The van der Waals surface area contributed by atoms with Crippen LogP contribution < -0.4 is 5.73 Å². The lowest BCUT2D eigenvalue weighted by atomic mass is 10.3. The summed E-state index contributed by atoms with van der Waals surface area (Å²) in [5, 5.41) is 0. The lowest BCUT2D eigenvalue weighted by Gasteiger charge is -2.15. The van der Waals surface area contributed by atoms with Gasteiger partial charge in [0.15, 0.2) is 0 Å². The standard InChI is InChI=1S/C10H15F3N2O/c1-15(3-2-10(11,12)13)6-9-4-8(5-14)7-16-9/h4,7H,2-3,5-6,14H2,1H3. The van der Waals surface area contributed by atoms with Gasteiger partial charge < -0.3 is 10.2 Å². The molecule has 1 rings (SSSR count). The van der Waals surface area contributed by atoms with Crippen molar-refractivity contribution in [3.8, 4) is 0 Å². The van der Waals surface area contributed by atoms with Crippen LogP contribution in [0.25, 0.3) is 0 Å². The Morgan fingerprint density at radius 2 is 2.12 bits per heavy atom. The maximum absolute atomic E-state index is 11.9. The molecule has 0 radical (unpaired) electrons. The molecule has 0 saturated carbocycles. The van der Waals surface area contributed by atoms with E-state index in [4.69, 9.17) is 10.2 Å². The molecule has 6 heteroatoms. The van der Waals surface area contributed by atoms with Gasteiger partial charge in [0.1, 0.15) is 5.76 Å². The molecule has 0 aliphatic heterocycles. The quantitative estimate of drug-likeness (QED) is 0.851. The number of nitrogens with two attached hydrogens (primary N) is 1. The maximum atomic E-state index is 11.9. The van der Waals surface area contributed by atoms with Crippen molar-refractivity contribution in [3.05, 3.63) is 23.7 Å². The zero-order valence-corrected chi connectivity index (χ0v) is 9.05. The summed E-state index contributed by atoms with van der Waals surface area (Å²) in [6.07, 6.45) is -3.40. The van der Waals surface area contributed by atoms with Gasteiger partial charge in [-0.2, -0.15) is 13.2 Å². The normalized spacial score (nSPS) is 12.4. The van der Waals surface area contributed by atoms with Gasteiger partial charge in [-0.25, -0.2) is 0 Å². The Balaban J connectivity index is 2.36. The summed E-state index contributed by atoms with van der Waals surface area (Å²) in [6.45, 7) is 0.688. The lowest BCUT2D eigenvalue weighted by Crippen LogP contribution is -2.23. The van der Waals surface area contributed by atoms with Crippen LogP contribution in [0.4, 0.5) is 13.2 Å². The van der Waals surface area contributed by atoms with Crippen LogP contribution >= 0.6 is 0 Å². The number of nitrogens with zero attached hydrogens (tertiary/aromatic N) is 1. The first-order valence-electron chi connectivity index (χ1n) is 4.92. The molecule has 16 heavy (non-hydrogen) atoms. The largest absolute Gasteiger partial charge is 0.468 e. The lowest BCUT2D eigenvalue weighted by molar-refractivity contribution is -0.137. The van der Waals surface area contributed by atoms with Gasteiger partial charge in [0.05, 0.1) is 19.2 Å². The third kappa shape index (κ3) is 4.67. The molecule has 0 aromatic carbocycles. The first-order valence-corrected chi connectivity index (χ1v) is 4.92. The van der Waals surface area contributed by atoms with E-state index in [0.29, 0.717) is 18.8 Å². The van der Waals surface area contributed by atoms with Gasteiger partial charge in [-0.1, -0.05) is 0 Å². The van der Waals surface area contributed by atoms with Crippen molar-refractivity contribution in [2.75, 3.05) is 13.6 Å². The van der Waals surface area contributed by atoms with Crippen molar-refractivity contribution in [1.82, 2.24) is 4.90 Å². The highest BCUT2D eigenvalue weighted by atomic mass is 19.4. The Kier molecular flexibility index (Phi) is 4.37. The Hall–Kier alpha value is -1.01. The van der Waals surface area contributed by atoms with E-state index in [1.165, 1.54) is 6.26 Å². The molecule has 3 nitrogen and oxygen atoms in total. The number of hydrogen-bond donors (Lipinski definition) is 1. The molecule has 0 aliphatic carbocycles. The first kappa shape index (κ1) is 13.1. The van der Waals surface area contributed by atoms with E-state index in [-0.39, 0.29) is 6.54 Å². The van der Waals surface area contributed by atoms with Crippen LogP contribution in [-0.2, 0) is 13.1 Å². The van der Waals surface area contributed by atoms with Crippen molar-refractivity contribution in [3.63, 3.8) is 0 Å². The van der Waals surface area contributed by atoms with Gasteiger partial charge in [0, 0.05) is 18.7 Å². The molecule has 0 amide bonds. The summed E-state index contributed by atoms with van der Waals surface area (Å²) in [7, 11) is 1.62. The minimum Gasteiger partial charge on any atom is -0.468 e.